The molecule has 0 bridgehead atoms. The van der Waals surface area contributed by atoms with Gasteiger partial charge in [-0.2, -0.15) is 4.31 Å². The van der Waals surface area contributed by atoms with Crippen molar-refractivity contribution in [2.75, 3.05) is 12.3 Å². The van der Waals surface area contributed by atoms with E-state index in [-0.39, 0.29) is 6.54 Å². The predicted octanol–water partition coefficient (Wildman–Crippen LogP) is 3.30. The van der Waals surface area contributed by atoms with Crippen LogP contribution < -0.4 is 5.73 Å². The Morgan fingerprint density at radius 3 is 2.55 bits per heavy atom. The Hall–Kier alpha value is -0.890. The maximum atomic E-state index is 12.6. The van der Waals surface area contributed by atoms with Crippen LogP contribution in [0.15, 0.2) is 44.4 Å². The van der Waals surface area contributed by atoms with Crippen LogP contribution in [-0.2, 0) is 16.6 Å². The third kappa shape index (κ3) is 3.06. The Bertz CT molecular complexity index is 698. The molecule has 0 radical (unpaired) electrons. The van der Waals surface area contributed by atoms with Crippen molar-refractivity contribution in [3.05, 3.63) is 45.7 Å². The summed E-state index contributed by atoms with van der Waals surface area (Å²) in [4.78, 5) is 0. The first kappa shape index (κ1) is 15.5. The molecule has 0 saturated heterocycles. The highest BCUT2D eigenvalue weighted by atomic mass is 79.9. The standard InChI is InChI=1S/C13H15BrN2O2S2/c1-2-16(9-10-5-3-4-6-12(10)15)20(17,18)13-11(14)7-8-19-13/h3-8H,2,9,15H2,1H3. The number of halogens is 1. The minimum atomic E-state index is -3.50. The second-order valence-electron chi connectivity index (χ2n) is 4.19. The van der Waals surface area contributed by atoms with E-state index in [9.17, 15) is 8.42 Å². The van der Waals surface area contributed by atoms with Crippen molar-refractivity contribution >= 4 is 43.0 Å². The fourth-order valence-corrected chi connectivity index (χ4v) is 5.69. The van der Waals surface area contributed by atoms with Gasteiger partial charge in [-0.3, -0.25) is 0 Å². The third-order valence-corrected chi connectivity index (χ3v) is 7.48. The minimum Gasteiger partial charge on any atom is -0.398 e. The van der Waals surface area contributed by atoms with Crippen LogP contribution in [0.3, 0.4) is 0 Å². The average Bonchev–Trinajstić information content (AvgIpc) is 2.84. The van der Waals surface area contributed by atoms with Gasteiger partial charge in [-0.05, 0) is 39.0 Å². The quantitative estimate of drug-likeness (QED) is 0.816. The zero-order chi connectivity index (χ0) is 14.8. The van der Waals surface area contributed by atoms with Crippen LogP contribution in [0.25, 0.3) is 0 Å². The lowest BCUT2D eigenvalue weighted by atomic mass is 10.2. The zero-order valence-corrected chi connectivity index (χ0v) is 14.1. The third-order valence-electron chi connectivity index (χ3n) is 2.91. The van der Waals surface area contributed by atoms with Gasteiger partial charge in [0.25, 0.3) is 10.0 Å². The summed E-state index contributed by atoms with van der Waals surface area (Å²) >= 11 is 4.49. The van der Waals surface area contributed by atoms with Gasteiger partial charge in [0.15, 0.2) is 0 Å². The summed E-state index contributed by atoms with van der Waals surface area (Å²) in [5, 5.41) is 1.75. The molecule has 0 fully saturated rings. The average molecular weight is 375 g/mol. The summed E-state index contributed by atoms with van der Waals surface area (Å²) in [6.07, 6.45) is 0. The van der Waals surface area contributed by atoms with Gasteiger partial charge in [0.05, 0.1) is 0 Å². The number of nitrogens with two attached hydrogens (primary N) is 1. The summed E-state index contributed by atoms with van der Waals surface area (Å²) in [7, 11) is -3.50. The molecule has 0 saturated carbocycles. The molecule has 0 unspecified atom stereocenters. The molecule has 108 valence electrons. The fourth-order valence-electron chi connectivity index (χ4n) is 1.82. The number of hydrogen-bond acceptors (Lipinski definition) is 4. The van der Waals surface area contributed by atoms with Crippen molar-refractivity contribution in [3.8, 4) is 0 Å². The second kappa shape index (κ2) is 6.26. The molecule has 20 heavy (non-hydrogen) atoms. The second-order valence-corrected chi connectivity index (χ2v) is 8.09. The van der Waals surface area contributed by atoms with Crippen LogP contribution in [0.5, 0.6) is 0 Å². The van der Waals surface area contributed by atoms with Gasteiger partial charge < -0.3 is 5.73 Å². The summed E-state index contributed by atoms with van der Waals surface area (Å²) in [5.41, 5.74) is 7.30. The largest absolute Gasteiger partial charge is 0.398 e. The van der Waals surface area contributed by atoms with Gasteiger partial charge in [0.1, 0.15) is 4.21 Å². The van der Waals surface area contributed by atoms with Crippen molar-refractivity contribution in [1.82, 2.24) is 4.31 Å². The first-order valence-corrected chi connectivity index (χ1v) is 9.14. The van der Waals surface area contributed by atoms with Crippen molar-refractivity contribution in [2.24, 2.45) is 0 Å². The number of nitrogen functional groups attached to an aromatic ring is 1. The molecule has 2 rings (SSSR count). The molecule has 0 amide bonds. The zero-order valence-electron chi connectivity index (χ0n) is 10.9. The molecular formula is C13H15BrN2O2S2. The van der Waals surface area contributed by atoms with Gasteiger partial charge in [-0.1, -0.05) is 25.1 Å². The SMILES string of the molecule is CCN(Cc1ccccc1N)S(=O)(=O)c1sccc1Br. The van der Waals surface area contributed by atoms with E-state index in [2.05, 4.69) is 15.9 Å². The van der Waals surface area contributed by atoms with Gasteiger partial charge in [0, 0.05) is 23.2 Å². The Labute approximate surface area is 131 Å². The summed E-state index contributed by atoms with van der Waals surface area (Å²) in [6, 6.07) is 9.04. The molecule has 0 atom stereocenters. The molecule has 0 aliphatic carbocycles. The van der Waals surface area contributed by atoms with Crippen LogP contribution in [0, 0.1) is 0 Å². The van der Waals surface area contributed by atoms with E-state index in [4.69, 9.17) is 5.73 Å². The molecule has 0 aliphatic rings. The molecule has 0 spiro atoms. The molecule has 0 aliphatic heterocycles. The maximum absolute atomic E-state index is 12.6. The van der Waals surface area contributed by atoms with E-state index in [1.165, 1.54) is 15.6 Å². The number of hydrogen-bond donors (Lipinski definition) is 1. The lowest BCUT2D eigenvalue weighted by Crippen LogP contribution is -2.30. The Kier molecular flexibility index (Phi) is 4.85. The molecule has 1 heterocycles. The number of thiophene rings is 1. The van der Waals surface area contributed by atoms with Crippen molar-refractivity contribution < 1.29 is 8.42 Å². The molecular weight excluding hydrogens is 360 g/mol. The summed E-state index contributed by atoms with van der Waals surface area (Å²) in [5.74, 6) is 0. The molecule has 1 aromatic heterocycles. The van der Waals surface area contributed by atoms with Crippen LogP contribution in [0.4, 0.5) is 5.69 Å². The highest BCUT2D eigenvalue weighted by molar-refractivity contribution is 9.10. The highest BCUT2D eigenvalue weighted by Gasteiger charge is 2.27. The summed E-state index contributed by atoms with van der Waals surface area (Å²) < 4.78 is 27.6. The Morgan fingerprint density at radius 1 is 1.30 bits per heavy atom. The smallest absolute Gasteiger partial charge is 0.253 e. The van der Waals surface area contributed by atoms with E-state index in [0.717, 1.165) is 5.56 Å². The number of para-hydroxylation sites is 1. The number of sulfonamides is 1. The first-order chi connectivity index (χ1) is 9.46. The van der Waals surface area contributed by atoms with Gasteiger partial charge >= 0.3 is 0 Å². The predicted molar refractivity (Wildman–Crippen MR) is 86.1 cm³/mol. The Balaban J connectivity index is 2.34. The van der Waals surface area contributed by atoms with Gasteiger partial charge in [-0.25, -0.2) is 8.42 Å². The minimum absolute atomic E-state index is 0.274. The van der Waals surface area contributed by atoms with Crippen molar-refractivity contribution in [3.63, 3.8) is 0 Å². The number of benzene rings is 1. The van der Waals surface area contributed by atoms with Gasteiger partial charge in [-0.15, -0.1) is 11.3 Å². The molecule has 2 N–H and O–H groups in total. The molecule has 2 aromatic rings. The molecule has 7 heteroatoms. The van der Waals surface area contributed by atoms with E-state index >= 15 is 0 Å². The highest BCUT2D eigenvalue weighted by Crippen LogP contribution is 2.31. The number of anilines is 1. The van der Waals surface area contributed by atoms with E-state index in [1.807, 2.05) is 25.1 Å². The monoisotopic (exact) mass is 374 g/mol. The lowest BCUT2D eigenvalue weighted by Gasteiger charge is -2.20. The van der Waals surface area contributed by atoms with Crippen LogP contribution in [0.2, 0.25) is 0 Å². The maximum Gasteiger partial charge on any atom is 0.253 e. The van der Waals surface area contributed by atoms with E-state index in [1.54, 1.807) is 17.5 Å². The van der Waals surface area contributed by atoms with Crippen molar-refractivity contribution in [1.29, 1.82) is 0 Å². The lowest BCUT2D eigenvalue weighted by molar-refractivity contribution is 0.425. The van der Waals surface area contributed by atoms with Gasteiger partial charge in [0.2, 0.25) is 0 Å². The number of rotatable bonds is 5. The normalized spacial score (nSPS) is 11.9. The fraction of sp³-hybridized carbons (Fsp3) is 0.231. The first-order valence-electron chi connectivity index (χ1n) is 6.03. The molecule has 1 aromatic carbocycles. The van der Waals surface area contributed by atoms with Crippen LogP contribution in [0.1, 0.15) is 12.5 Å². The summed E-state index contributed by atoms with van der Waals surface area (Å²) in [6.45, 7) is 2.48. The number of nitrogens with zero attached hydrogens (tertiary/aromatic N) is 1. The molecule has 4 nitrogen and oxygen atoms in total. The Morgan fingerprint density at radius 2 is 2.00 bits per heavy atom. The van der Waals surface area contributed by atoms with Crippen molar-refractivity contribution in [2.45, 2.75) is 17.7 Å². The van der Waals surface area contributed by atoms with Crippen LogP contribution >= 0.6 is 27.3 Å². The van der Waals surface area contributed by atoms with E-state index < -0.39 is 10.0 Å². The van der Waals surface area contributed by atoms with Crippen LogP contribution in [-0.4, -0.2) is 19.3 Å². The topological polar surface area (TPSA) is 63.4 Å². The van der Waals surface area contributed by atoms with E-state index in [0.29, 0.717) is 20.9 Å².